The highest BCUT2D eigenvalue weighted by molar-refractivity contribution is 5.94. The van der Waals surface area contributed by atoms with Crippen LogP contribution in [0.1, 0.15) is 37.0 Å². The molecule has 1 aromatic carbocycles. The average Bonchev–Trinajstić information content (AvgIpc) is 2.47. The van der Waals surface area contributed by atoms with Crippen molar-refractivity contribution in [1.82, 2.24) is 9.80 Å². The lowest BCUT2D eigenvalue weighted by molar-refractivity contribution is 0.0630. The van der Waals surface area contributed by atoms with Crippen LogP contribution in [0.4, 0.5) is 4.39 Å². The molecular weight excluding hydrogens is 267 g/mol. The summed E-state index contributed by atoms with van der Waals surface area (Å²) in [5.41, 5.74) is 0.186. The molecule has 0 aliphatic carbocycles. The van der Waals surface area contributed by atoms with Crippen molar-refractivity contribution in [3.8, 4) is 0 Å². The van der Waals surface area contributed by atoms with E-state index in [1.165, 1.54) is 18.9 Å². The Bertz CT molecular complexity index is 468. The van der Waals surface area contributed by atoms with Crippen molar-refractivity contribution in [3.05, 3.63) is 35.6 Å². The molecule has 0 atom stereocenters. The highest BCUT2D eigenvalue weighted by Gasteiger charge is 2.23. The molecule has 0 unspecified atom stereocenters. The average molecular weight is 292 g/mol. The first kappa shape index (κ1) is 16.0. The number of benzene rings is 1. The summed E-state index contributed by atoms with van der Waals surface area (Å²) >= 11 is 0. The zero-order valence-electron chi connectivity index (χ0n) is 13.0. The lowest BCUT2D eigenvalue weighted by Crippen LogP contribution is -2.49. The molecule has 4 heteroatoms. The second kappa shape index (κ2) is 7.55. The van der Waals surface area contributed by atoms with Crippen LogP contribution >= 0.6 is 0 Å². The zero-order valence-corrected chi connectivity index (χ0v) is 13.0. The van der Waals surface area contributed by atoms with E-state index in [4.69, 9.17) is 0 Å². The van der Waals surface area contributed by atoms with Crippen LogP contribution in [0.15, 0.2) is 24.3 Å². The van der Waals surface area contributed by atoms with Gasteiger partial charge < -0.3 is 4.90 Å². The minimum Gasteiger partial charge on any atom is -0.336 e. The third-order valence-electron chi connectivity index (χ3n) is 4.02. The normalized spacial score (nSPS) is 16.5. The summed E-state index contributed by atoms with van der Waals surface area (Å²) in [6, 6.07) is 6.22. The molecular formula is C17H25FN2O. The molecule has 116 valence electrons. The Morgan fingerprint density at radius 3 is 2.48 bits per heavy atom. The maximum absolute atomic E-state index is 13.7. The Morgan fingerprint density at radius 1 is 1.19 bits per heavy atom. The van der Waals surface area contributed by atoms with Crippen molar-refractivity contribution in [2.24, 2.45) is 5.92 Å². The molecule has 1 amide bonds. The predicted octanol–water partition coefficient (Wildman–Crippen LogP) is 3.02. The van der Waals surface area contributed by atoms with Crippen LogP contribution in [0.2, 0.25) is 0 Å². The van der Waals surface area contributed by atoms with E-state index in [2.05, 4.69) is 18.7 Å². The van der Waals surface area contributed by atoms with Crippen LogP contribution in [0.3, 0.4) is 0 Å². The molecule has 1 aromatic rings. The number of carbonyl (C=O) groups is 1. The molecule has 0 N–H and O–H groups in total. The predicted molar refractivity (Wildman–Crippen MR) is 82.8 cm³/mol. The number of piperazine rings is 1. The third kappa shape index (κ3) is 4.53. The number of rotatable bonds is 5. The van der Waals surface area contributed by atoms with Gasteiger partial charge in [-0.3, -0.25) is 9.69 Å². The smallest absolute Gasteiger partial charge is 0.256 e. The molecule has 0 radical (unpaired) electrons. The summed E-state index contributed by atoms with van der Waals surface area (Å²) < 4.78 is 13.7. The summed E-state index contributed by atoms with van der Waals surface area (Å²) in [4.78, 5) is 16.5. The summed E-state index contributed by atoms with van der Waals surface area (Å²) in [6.07, 6.45) is 2.45. The van der Waals surface area contributed by atoms with E-state index in [9.17, 15) is 9.18 Å². The van der Waals surface area contributed by atoms with Gasteiger partial charge in [-0.05, 0) is 37.4 Å². The van der Waals surface area contributed by atoms with Gasteiger partial charge in [-0.1, -0.05) is 26.0 Å². The van der Waals surface area contributed by atoms with Crippen molar-refractivity contribution >= 4 is 5.91 Å². The van der Waals surface area contributed by atoms with Crippen LogP contribution in [0.25, 0.3) is 0 Å². The maximum Gasteiger partial charge on any atom is 0.256 e. The number of hydrogen-bond donors (Lipinski definition) is 0. The van der Waals surface area contributed by atoms with Crippen LogP contribution in [-0.4, -0.2) is 48.4 Å². The highest BCUT2D eigenvalue weighted by Crippen LogP contribution is 2.13. The highest BCUT2D eigenvalue weighted by atomic mass is 19.1. The molecule has 2 rings (SSSR count). The van der Waals surface area contributed by atoms with Gasteiger partial charge in [0, 0.05) is 26.2 Å². The number of nitrogens with zero attached hydrogens (tertiary/aromatic N) is 2. The summed E-state index contributed by atoms with van der Waals surface area (Å²) in [7, 11) is 0. The van der Waals surface area contributed by atoms with Crippen LogP contribution in [0.5, 0.6) is 0 Å². The molecule has 21 heavy (non-hydrogen) atoms. The van der Waals surface area contributed by atoms with Gasteiger partial charge in [0.1, 0.15) is 5.82 Å². The number of halogens is 1. The van der Waals surface area contributed by atoms with Gasteiger partial charge in [0.05, 0.1) is 5.56 Å². The van der Waals surface area contributed by atoms with Crippen LogP contribution in [-0.2, 0) is 0 Å². The van der Waals surface area contributed by atoms with E-state index in [0.717, 1.165) is 25.6 Å². The third-order valence-corrected chi connectivity index (χ3v) is 4.02. The summed E-state index contributed by atoms with van der Waals surface area (Å²) in [5, 5.41) is 0. The fourth-order valence-corrected chi connectivity index (χ4v) is 2.70. The van der Waals surface area contributed by atoms with E-state index >= 15 is 0 Å². The minimum absolute atomic E-state index is 0.185. The van der Waals surface area contributed by atoms with Crippen molar-refractivity contribution in [2.75, 3.05) is 32.7 Å². The maximum atomic E-state index is 13.7. The molecule has 1 heterocycles. The Hall–Kier alpha value is -1.42. The molecule has 3 nitrogen and oxygen atoms in total. The van der Waals surface area contributed by atoms with E-state index in [-0.39, 0.29) is 11.5 Å². The molecule has 0 bridgehead atoms. The van der Waals surface area contributed by atoms with Crippen molar-refractivity contribution in [1.29, 1.82) is 0 Å². The Labute approximate surface area is 126 Å². The van der Waals surface area contributed by atoms with Crippen molar-refractivity contribution in [3.63, 3.8) is 0 Å². The van der Waals surface area contributed by atoms with Gasteiger partial charge in [0.2, 0.25) is 0 Å². The lowest BCUT2D eigenvalue weighted by Gasteiger charge is -2.35. The van der Waals surface area contributed by atoms with E-state index in [0.29, 0.717) is 13.1 Å². The fraction of sp³-hybridized carbons (Fsp3) is 0.588. The number of carbonyl (C=O) groups excluding carboxylic acids is 1. The Kier molecular flexibility index (Phi) is 5.74. The van der Waals surface area contributed by atoms with Crippen molar-refractivity contribution in [2.45, 2.75) is 26.7 Å². The van der Waals surface area contributed by atoms with Gasteiger partial charge in [-0.15, -0.1) is 0 Å². The van der Waals surface area contributed by atoms with E-state index in [1.807, 2.05) is 0 Å². The standard InChI is InChI=1S/C17H25FN2O/c1-14(2)6-5-9-19-10-12-20(13-11-19)17(21)15-7-3-4-8-16(15)18/h3-4,7-8,14H,5-6,9-13H2,1-2H3. The molecule has 1 fully saturated rings. The van der Waals surface area contributed by atoms with Gasteiger partial charge in [-0.25, -0.2) is 4.39 Å². The minimum atomic E-state index is -0.429. The SMILES string of the molecule is CC(C)CCCN1CCN(C(=O)c2ccccc2F)CC1. The lowest BCUT2D eigenvalue weighted by atomic mass is 10.1. The largest absolute Gasteiger partial charge is 0.336 e. The van der Waals surface area contributed by atoms with Gasteiger partial charge >= 0.3 is 0 Å². The van der Waals surface area contributed by atoms with E-state index < -0.39 is 5.82 Å². The summed E-state index contributed by atoms with van der Waals surface area (Å²) in [6.45, 7) is 8.73. The Balaban J connectivity index is 1.81. The molecule has 0 saturated carbocycles. The van der Waals surface area contributed by atoms with Gasteiger partial charge in [-0.2, -0.15) is 0 Å². The number of hydrogen-bond acceptors (Lipinski definition) is 2. The van der Waals surface area contributed by atoms with Crippen LogP contribution < -0.4 is 0 Å². The zero-order chi connectivity index (χ0) is 15.2. The van der Waals surface area contributed by atoms with Gasteiger partial charge in [0.15, 0.2) is 0 Å². The van der Waals surface area contributed by atoms with Crippen LogP contribution in [0, 0.1) is 11.7 Å². The fourth-order valence-electron chi connectivity index (χ4n) is 2.70. The quantitative estimate of drug-likeness (QED) is 0.833. The first-order valence-electron chi connectivity index (χ1n) is 7.84. The van der Waals surface area contributed by atoms with Crippen molar-refractivity contribution < 1.29 is 9.18 Å². The molecule has 0 aromatic heterocycles. The second-order valence-corrected chi connectivity index (χ2v) is 6.15. The first-order chi connectivity index (χ1) is 10.1. The molecule has 1 saturated heterocycles. The molecule has 0 spiro atoms. The van der Waals surface area contributed by atoms with E-state index in [1.54, 1.807) is 23.1 Å². The first-order valence-corrected chi connectivity index (χ1v) is 7.84. The topological polar surface area (TPSA) is 23.6 Å². The molecule has 1 aliphatic rings. The Morgan fingerprint density at radius 2 is 1.86 bits per heavy atom. The monoisotopic (exact) mass is 292 g/mol. The number of amides is 1. The second-order valence-electron chi connectivity index (χ2n) is 6.15. The molecule has 1 aliphatic heterocycles. The van der Waals surface area contributed by atoms with Gasteiger partial charge in [0.25, 0.3) is 5.91 Å². The summed E-state index contributed by atoms with van der Waals surface area (Å²) in [5.74, 6) is 0.130.